The third-order valence-electron chi connectivity index (χ3n) is 1.84. The quantitative estimate of drug-likeness (QED) is 0.439. The van der Waals surface area contributed by atoms with E-state index in [4.69, 9.17) is 4.42 Å². The first-order valence-corrected chi connectivity index (χ1v) is 5.74. The number of esters is 1. The number of carbonyl (C=O) groups is 1. The van der Waals surface area contributed by atoms with Crippen LogP contribution in [0.25, 0.3) is 0 Å². The number of furan rings is 1. The van der Waals surface area contributed by atoms with E-state index >= 15 is 0 Å². The van der Waals surface area contributed by atoms with Gasteiger partial charge in [-0.15, -0.1) is 11.8 Å². The predicted octanol–water partition coefficient (Wildman–Crippen LogP) is 2.63. The highest BCUT2D eigenvalue weighted by Gasteiger charge is 2.01. The van der Waals surface area contributed by atoms with E-state index in [1.807, 2.05) is 18.2 Å². The van der Waals surface area contributed by atoms with Crippen molar-refractivity contribution in [3.8, 4) is 0 Å². The largest absolute Gasteiger partial charge is 0.468 e. The lowest BCUT2D eigenvalue weighted by atomic mass is 10.3. The van der Waals surface area contributed by atoms with Crippen LogP contribution in [-0.2, 0) is 15.3 Å². The van der Waals surface area contributed by atoms with Gasteiger partial charge in [0.2, 0.25) is 0 Å². The Morgan fingerprint density at radius 3 is 3.07 bits per heavy atom. The Hall–Kier alpha value is -1.16. The molecule has 0 fully saturated rings. The Bertz CT molecular complexity index is 328. The highest BCUT2D eigenvalue weighted by atomic mass is 32.2. The van der Waals surface area contributed by atoms with Crippen molar-refractivity contribution < 1.29 is 13.9 Å². The Labute approximate surface area is 93.5 Å². The first kappa shape index (κ1) is 11.9. The molecule has 15 heavy (non-hydrogen) atoms. The fraction of sp³-hybridized carbons (Fsp3) is 0.364. The third-order valence-corrected chi connectivity index (χ3v) is 2.73. The van der Waals surface area contributed by atoms with Crippen LogP contribution in [0.5, 0.6) is 0 Å². The van der Waals surface area contributed by atoms with Crippen LogP contribution in [0.15, 0.2) is 34.5 Å². The monoisotopic (exact) mass is 226 g/mol. The van der Waals surface area contributed by atoms with Crippen LogP contribution in [-0.4, -0.2) is 18.8 Å². The molecule has 1 aromatic heterocycles. The Morgan fingerprint density at radius 1 is 1.67 bits per heavy atom. The fourth-order valence-corrected chi connectivity index (χ4v) is 1.83. The summed E-state index contributed by atoms with van der Waals surface area (Å²) in [6.45, 7) is 1.75. The molecule has 1 aromatic rings. The van der Waals surface area contributed by atoms with E-state index in [2.05, 4.69) is 4.74 Å². The Morgan fingerprint density at radius 2 is 2.47 bits per heavy atom. The van der Waals surface area contributed by atoms with Gasteiger partial charge in [0.15, 0.2) is 0 Å². The molecule has 0 radical (unpaired) electrons. The summed E-state index contributed by atoms with van der Waals surface area (Å²) in [5.41, 5.74) is 0.643. The van der Waals surface area contributed by atoms with Gasteiger partial charge in [0.05, 0.1) is 19.1 Å². The molecular formula is C11H14O3S. The van der Waals surface area contributed by atoms with Crippen molar-refractivity contribution in [2.45, 2.75) is 12.7 Å². The van der Waals surface area contributed by atoms with Gasteiger partial charge in [-0.05, 0) is 19.1 Å². The zero-order valence-corrected chi connectivity index (χ0v) is 9.67. The van der Waals surface area contributed by atoms with Crippen molar-refractivity contribution in [2.75, 3.05) is 12.9 Å². The number of carbonyl (C=O) groups excluding carboxylic acids is 1. The van der Waals surface area contributed by atoms with Crippen molar-refractivity contribution in [3.63, 3.8) is 0 Å². The van der Waals surface area contributed by atoms with Gasteiger partial charge in [0.25, 0.3) is 0 Å². The van der Waals surface area contributed by atoms with E-state index in [0.717, 1.165) is 17.3 Å². The molecule has 0 atom stereocenters. The number of rotatable bonds is 5. The summed E-state index contributed by atoms with van der Waals surface area (Å²) in [4.78, 5) is 11.0. The van der Waals surface area contributed by atoms with Crippen molar-refractivity contribution in [1.82, 2.24) is 0 Å². The topological polar surface area (TPSA) is 39.4 Å². The summed E-state index contributed by atoms with van der Waals surface area (Å²) in [5, 5.41) is 0. The average Bonchev–Trinajstić information content (AvgIpc) is 2.75. The summed E-state index contributed by atoms with van der Waals surface area (Å²) in [6.07, 6.45) is 3.52. The molecule has 0 amide bonds. The predicted molar refractivity (Wildman–Crippen MR) is 60.6 cm³/mol. The standard InChI is InChI=1S/C11H14O3S/c1-9(11(12)13-2)5-7-15-8-10-4-3-6-14-10/h3-6H,7-8H2,1-2H3. The zero-order chi connectivity index (χ0) is 11.1. The van der Waals surface area contributed by atoms with Crippen LogP contribution in [0.4, 0.5) is 0 Å². The van der Waals surface area contributed by atoms with E-state index in [9.17, 15) is 4.79 Å². The molecule has 3 nitrogen and oxygen atoms in total. The van der Waals surface area contributed by atoms with Crippen LogP contribution in [0.1, 0.15) is 12.7 Å². The van der Waals surface area contributed by atoms with Gasteiger partial charge in [0, 0.05) is 11.3 Å². The molecule has 1 heterocycles. The molecule has 0 spiro atoms. The minimum absolute atomic E-state index is 0.270. The Balaban J connectivity index is 2.24. The molecule has 0 saturated carbocycles. The van der Waals surface area contributed by atoms with Crippen LogP contribution >= 0.6 is 11.8 Å². The lowest BCUT2D eigenvalue weighted by molar-refractivity contribution is -0.136. The molecule has 0 aliphatic rings. The lowest BCUT2D eigenvalue weighted by Crippen LogP contribution is -2.01. The van der Waals surface area contributed by atoms with Crippen molar-refractivity contribution in [3.05, 3.63) is 35.8 Å². The highest BCUT2D eigenvalue weighted by Crippen LogP contribution is 2.13. The fourth-order valence-electron chi connectivity index (χ4n) is 0.982. The average molecular weight is 226 g/mol. The smallest absolute Gasteiger partial charge is 0.333 e. The van der Waals surface area contributed by atoms with Crippen molar-refractivity contribution in [2.24, 2.45) is 0 Å². The highest BCUT2D eigenvalue weighted by molar-refractivity contribution is 7.98. The van der Waals surface area contributed by atoms with E-state index < -0.39 is 0 Å². The molecule has 1 rings (SSSR count). The SMILES string of the molecule is COC(=O)C(C)=CCSCc1ccco1. The van der Waals surface area contributed by atoms with Crippen molar-refractivity contribution in [1.29, 1.82) is 0 Å². The van der Waals surface area contributed by atoms with Gasteiger partial charge in [-0.25, -0.2) is 4.79 Å². The van der Waals surface area contributed by atoms with E-state index in [1.54, 1.807) is 24.9 Å². The second-order valence-corrected chi connectivity index (χ2v) is 4.00. The second-order valence-electron chi connectivity index (χ2n) is 2.97. The maximum atomic E-state index is 11.0. The second kappa shape index (κ2) is 6.35. The van der Waals surface area contributed by atoms with Crippen LogP contribution in [0.3, 0.4) is 0 Å². The third kappa shape index (κ3) is 4.25. The van der Waals surface area contributed by atoms with Gasteiger partial charge in [-0.3, -0.25) is 0 Å². The first-order valence-electron chi connectivity index (χ1n) is 4.59. The maximum Gasteiger partial charge on any atom is 0.333 e. The van der Waals surface area contributed by atoms with Crippen molar-refractivity contribution >= 4 is 17.7 Å². The van der Waals surface area contributed by atoms with Gasteiger partial charge in [-0.2, -0.15) is 0 Å². The molecule has 82 valence electrons. The first-order chi connectivity index (χ1) is 7.24. The molecule has 0 saturated heterocycles. The number of methoxy groups -OCH3 is 1. The molecule has 0 N–H and O–H groups in total. The molecule has 4 heteroatoms. The summed E-state index contributed by atoms with van der Waals surface area (Å²) in [6, 6.07) is 3.80. The lowest BCUT2D eigenvalue weighted by Gasteiger charge is -1.98. The van der Waals surface area contributed by atoms with Gasteiger partial charge in [-0.1, -0.05) is 6.08 Å². The molecule has 0 unspecified atom stereocenters. The normalized spacial score (nSPS) is 11.5. The number of hydrogen-bond donors (Lipinski definition) is 0. The molecule has 0 aromatic carbocycles. The molecule has 0 aliphatic heterocycles. The minimum atomic E-state index is -0.270. The van der Waals surface area contributed by atoms with Gasteiger partial charge in [0.1, 0.15) is 5.76 Å². The number of hydrogen-bond acceptors (Lipinski definition) is 4. The zero-order valence-electron chi connectivity index (χ0n) is 8.86. The Kier molecular flexibility index (Phi) is 5.04. The van der Waals surface area contributed by atoms with Gasteiger partial charge >= 0.3 is 5.97 Å². The molecule has 0 bridgehead atoms. The van der Waals surface area contributed by atoms with E-state index in [0.29, 0.717) is 5.57 Å². The minimum Gasteiger partial charge on any atom is -0.468 e. The number of thioether (sulfide) groups is 1. The summed E-state index contributed by atoms with van der Waals surface area (Å²) in [5.74, 6) is 2.28. The van der Waals surface area contributed by atoms with E-state index in [-0.39, 0.29) is 5.97 Å². The molecular weight excluding hydrogens is 212 g/mol. The van der Waals surface area contributed by atoms with Crippen LogP contribution in [0.2, 0.25) is 0 Å². The van der Waals surface area contributed by atoms with Crippen LogP contribution < -0.4 is 0 Å². The van der Waals surface area contributed by atoms with E-state index in [1.165, 1.54) is 7.11 Å². The van der Waals surface area contributed by atoms with Gasteiger partial charge < -0.3 is 9.15 Å². The molecule has 0 aliphatic carbocycles. The maximum absolute atomic E-state index is 11.0. The van der Waals surface area contributed by atoms with Crippen LogP contribution in [0, 0.1) is 0 Å². The summed E-state index contributed by atoms with van der Waals surface area (Å²) < 4.78 is 9.76. The summed E-state index contributed by atoms with van der Waals surface area (Å²) in [7, 11) is 1.38. The number of ether oxygens (including phenoxy) is 1. The summed E-state index contributed by atoms with van der Waals surface area (Å²) >= 11 is 1.69.